The fourth-order valence-corrected chi connectivity index (χ4v) is 0.586. The van der Waals surface area contributed by atoms with Gasteiger partial charge in [0.25, 0.3) is 0 Å². The number of rotatable bonds is 4. The lowest BCUT2D eigenvalue weighted by Crippen LogP contribution is -2.30. The molecule has 2 N–H and O–H groups in total. The van der Waals surface area contributed by atoms with Crippen LogP contribution in [0.4, 0.5) is 0 Å². The zero-order chi connectivity index (χ0) is 9.56. The summed E-state index contributed by atoms with van der Waals surface area (Å²) in [5.74, 6) is -0.516. The summed E-state index contributed by atoms with van der Waals surface area (Å²) in [6.07, 6.45) is 1.10. The highest BCUT2D eigenvalue weighted by molar-refractivity contribution is 5.81. The van der Waals surface area contributed by atoms with Gasteiger partial charge in [-0.1, -0.05) is 6.08 Å². The Hall–Kier alpha value is -0.870. The van der Waals surface area contributed by atoms with Gasteiger partial charge in [-0.3, -0.25) is 0 Å². The topological polar surface area (TPSA) is 66.8 Å². The average Bonchev–Trinajstić information content (AvgIpc) is 2.03. The van der Waals surface area contributed by atoms with E-state index in [1.807, 2.05) is 0 Å². The van der Waals surface area contributed by atoms with Crippen LogP contribution in [-0.2, 0) is 9.53 Å². The highest BCUT2D eigenvalue weighted by Gasteiger charge is 2.15. The van der Waals surface area contributed by atoms with Crippen LogP contribution in [0, 0.1) is 0 Å². The molecule has 0 rings (SSSR count). The monoisotopic (exact) mass is 174 g/mol. The summed E-state index contributed by atoms with van der Waals surface area (Å²) in [7, 11) is 0. The first-order valence-electron chi connectivity index (χ1n) is 3.74. The second-order valence-corrected chi connectivity index (χ2v) is 2.39. The Morgan fingerprint density at radius 2 is 2.25 bits per heavy atom. The van der Waals surface area contributed by atoms with E-state index in [2.05, 4.69) is 0 Å². The minimum atomic E-state index is -1.01. The predicted octanol–water partition coefficient (Wildman–Crippen LogP) is -0.153. The predicted molar refractivity (Wildman–Crippen MR) is 43.5 cm³/mol. The summed E-state index contributed by atoms with van der Waals surface area (Å²) in [6.45, 7) is 2.79. The number of carbonyl (C=O) groups excluding carboxylic acids is 1. The Labute approximate surface area is 71.5 Å². The molecule has 2 unspecified atom stereocenters. The Bertz CT molecular complexity index is 164. The molecule has 0 saturated carbocycles. The number of hydrogen-bond donors (Lipinski definition) is 2. The number of ether oxygens (including phenoxy) is 1. The first kappa shape index (κ1) is 11.1. The van der Waals surface area contributed by atoms with Crippen molar-refractivity contribution in [1.29, 1.82) is 0 Å². The molecule has 0 aliphatic heterocycles. The summed E-state index contributed by atoms with van der Waals surface area (Å²) in [5.41, 5.74) is 0. The molecule has 0 radical (unpaired) electrons. The molecule has 0 heterocycles. The molecule has 0 aliphatic rings. The third-order valence-electron chi connectivity index (χ3n) is 1.33. The maximum atomic E-state index is 10.8. The van der Waals surface area contributed by atoms with Crippen LogP contribution < -0.4 is 0 Å². The molecule has 0 aromatic heterocycles. The van der Waals surface area contributed by atoms with Gasteiger partial charge >= 0.3 is 5.97 Å². The standard InChI is InChI=1S/C8H14O4/c1-3-4-8(11)12-6(2)7(10)5-9/h3-4,6-7,9-10H,5H2,1-2H3/b4-3-. The zero-order valence-corrected chi connectivity index (χ0v) is 7.23. The maximum Gasteiger partial charge on any atom is 0.330 e. The van der Waals surface area contributed by atoms with Crippen molar-refractivity contribution in [1.82, 2.24) is 0 Å². The second-order valence-electron chi connectivity index (χ2n) is 2.39. The SMILES string of the molecule is C/C=C\C(=O)OC(C)C(O)CO. The molecular formula is C8H14O4. The molecule has 12 heavy (non-hydrogen) atoms. The van der Waals surface area contributed by atoms with E-state index < -0.39 is 24.8 Å². The van der Waals surface area contributed by atoms with E-state index in [1.54, 1.807) is 13.0 Å². The van der Waals surface area contributed by atoms with Crippen LogP contribution in [0.5, 0.6) is 0 Å². The molecule has 70 valence electrons. The molecule has 2 atom stereocenters. The highest BCUT2D eigenvalue weighted by atomic mass is 16.6. The third kappa shape index (κ3) is 4.10. The number of esters is 1. The van der Waals surface area contributed by atoms with Gasteiger partial charge in [-0.05, 0) is 13.8 Å². The van der Waals surface area contributed by atoms with Gasteiger partial charge in [0.2, 0.25) is 0 Å². The Balaban J connectivity index is 3.83. The Kier molecular flexibility index (Phi) is 5.32. The van der Waals surface area contributed by atoms with Crippen molar-refractivity contribution in [3.63, 3.8) is 0 Å². The van der Waals surface area contributed by atoms with Gasteiger partial charge in [0.1, 0.15) is 12.2 Å². The van der Waals surface area contributed by atoms with Gasteiger partial charge in [0.15, 0.2) is 0 Å². The molecule has 0 aromatic carbocycles. The molecule has 0 aromatic rings. The van der Waals surface area contributed by atoms with E-state index in [9.17, 15) is 4.79 Å². The van der Waals surface area contributed by atoms with Crippen LogP contribution in [-0.4, -0.2) is 35.0 Å². The molecule has 0 amide bonds. The summed E-state index contributed by atoms with van der Waals surface area (Å²) >= 11 is 0. The van der Waals surface area contributed by atoms with Crippen LogP contribution in [0.15, 0.2) is 12.2 Å². The number of aliphatic hydroxyl groups is 2. The van der Waals surface area contributed by atoms with Crippen molar-refractivity contribution in [3.05, 3.63) is 12.2 Å². The molecular weight excluding hydrogens is 160 g/mol. The quantitative estimate of drug-likeness (QED) is 0.459. The number of carbonyl (C=O) groups is 1. The Morgan fingerprint density at radius 1 is 1.67 bits per heavy atom. The highest BCUT2D eigenvalue weighted by Crippen LogP contribution is 1.98. The van der Waals surface area contributed by atoms with Crippen LogP contribution >= 0.6 is 0 Å². The minimum Gasteiger partial charge on any atom is -0.457 e. The zero-order valence-electron chi connectivity index (χ0n) is 7.23. The first-order valence-corrected chi connectivity index (χ1v) is 3.74. The van der Waals surface area contributed by atoms with E-state index in [0.29, 0.717) is 0 Å². The lowest BCUT2D eigenvalue weighted by molar-refractivity contribution is -0.148. The lowest BCUT2D eigenvalue weighted by Gasteiger charge is -2.15. The molecule has 0 spiro atoms. The molecule has 0 bridgehead atoms. The van der Waals surface area contributed by atoms with Crippen molar-refractivity contribution >= 4 is 5.97 Å². The second kappa shape index (κ2) is 5.74. The van der Waals surface area contributed by atoms with Gasteiger partial charge < -0.3 is 14.9 Å². The summed E-state index contributed by atoms with van der Waals surface area (Å²) in [6, 6.07) is 0. The van der Waals surface area contributed by atoms with E-state index in [1.165, 1.54) is 13.0 Å². The summed E-state index contributed by atoms with van der Waals surface area (Å²) < 4.78 is 4.71. The van der Waals surface area contributed by atoms with E-state index in [0.717, 1.165) is 0 Å². The fourth-order valence-electron chi connectivity index (χ4n) is 0.586. The van der Waals surface area contributed by atoms with Crippen LogP contribution in [0.2, 0.25) is 0 Å². The number of allylic oxidation sites excluding steroid dienone is 1. The molecule has 4 nitrogen and oxygen atoms in total. The van der Waals surface area contributed by atoms with Gasteiger partial charge in [-0.25, -0.2) is 4.79 Å². The molecule has 0 aliphatic carbocycles. The number of hydrogen-bond acceptors (Lipinski definition) is 4. The summed E-state index contributed by atoms with van der Waals surface area (Å²) in [5, 5.41) is 17.5. The maximum absolute atomic E-state index is 10.8. The van der Waals surface area contributed by atoms with Crippen LogP contribution in [0.1, 0.15) is 13.8 Å². The van der Waals surface area contributed by atoms with Crippen molar-refractivity contribution < 1.29 is 19.7 Å². The normalized spacial score (nSPS) is 16.0. The van der Waals surface area contributed by atoms with Crippen molar-refractivity contribution in [2.24, 2.45) is 0 Å². The first-order chi connectivity index (χ1) is 5.61. The third-order valence-corrected chi connectivity index (χ3v) is 1.33. The van der Waals surface area contributed by atoms with Crippen molar-refractivity contribution in [2.75, 3.05) is 6.61 Å². The number of aliphatic hydroxyl groups excluding tert-OH is 2. The van der Waals surface area contributed by atoms with Crippen molar-refractivity contribution in [2.45, 2.75) is 26.1 Å². The van der Waals surface area contributed by atoms with Crippen molar-refractivity contribution in [3.8, 4) is 0 Å². The van der Waals surface area contributed by atoms with E-state index >= 15 is 0 Å². The van der Waals surface area contributed by atoms with Crippen LogP contribution in [0.25, 0.3) is 0 Å². The fraction of sp³-hybridized carbons (Fsp3) is 0.625. The smallest absolute Gasteiger partial charge is 0.330 e. The summed E-state index contributed by atoms with van der Waals surface area (Å²) in [4.78, 5) is 10.8. The molecule has 4 heteroatoms. The minimum absolute atomic E-state index is 0.412. The molecule has 0 fully saturated rings. The van der Waals surface area contributed by atoms with Gasteiger partial charge in [-0.15, -0.1) is 0 Å². The van der Waals surface area contributed by atoms with Gasteiger partial charge in [0, 0.05) is 6.08 Å². The van der Waals surface area contributed by atoms with Gasteiger partial charge in [0.05, 0.1) is 6.61 Å². The van der Waals surface area contributed by atoms with Gasteiger partial charge in [-0.2, -0.15) is 0 Å². The lowest BCUT2D eigenvalue weighted by atomic mass is 10.2. The average molecular weight is 174 g/mol. The Morgan fingerprint density at radius 3 is 2.67 bits per heavy atom. The van der Waals surface area contributed by atoms with Crippen LogP contribution in [0.3, 0.4) is 0 Å². The van der Waals surface area contributed by atoms with E-state index in [4.69, 9.17) is 14.9 Å². The largest absolute Gasteiger partial charge is 0.457 e. The molecule has 0 saturated heterocycles. The van der Waals surface area contributed by atoms with E-state index in [-0.39, 0.29) is 0 Å².